The number of nitrogens with one attached hydrogen (secondary N) is 1. The second-order valence-corrected chi connectivity index (χ2v) is 12.2. The minimum atomic E-state index is -6.55. The largest absolute Gasteiger partial charge is 0.460 e. The summed E-state index contributed by atoms with van der Waals surface area (Å²) in [5, 5.41) is 1.68. The quantitative estimate of drug-likeness (QED) is 0.447. The average Bonchev–Trinajstić information content (AvgIpc) is 3.16. The molecule has 0 bridgehead atoms. The molecule has 4 aliphatic rings. The Morgan fingerprint density at radius 2 is 1.70 bits per heavy atom. The van der Waals surface area contributed by atoms with Crippen LogP contribution in [-0.2, 0) is 9.59 Å². The molecule has 210 valence electrons. The molecule has 11 heteroatoms. The third kappa shape index (κ3) is 4.08. The zero-order valence-corrected chi connectivity index (χ0v) is 21.5. The molecule has 4 nitrogen and oxygen atoms in total. The summed E-state index contributed by atoms with van der Waals surface area (Å²) in [4.78, 5) is 25.9. The first-order chi connectivity index (χ1) is 16.9. The Morgan fingerprint density at radius 3 is 2.32 bits per heavy atom. The molecule has 0 radical (unpaired) electrons. The van der Waals surface area contributed by atoms with Crippen LogP contribution in [0.5, 0.6) is 0 Å². The van der Waals surface area contributed by atoms with E-state index < -0.39 is 30.5 Å². The summed E-state index contributed by atoms with van der Waals surface area (Å²) in [5.74, 6) is -14.2. The van der Waals surface area contributed by atoms with Crippen molar-refractivity contribution in [1.82, 2.24) is 10.2 Å². The molecular weight excluding hydrogens is 505 g/mol. The van der Waals surface area contributed by atoms with Gasteiger partial charge in [-0.3, -0.25) is 9.59 Å². The van der Waals surface area contributed by atoms with E-state index in [0.29, 0.717) is 17.8 Å². The van der Waals surface area contributed by atoms with Crippen molar-refractivity contribution in [2.45, 2.75) is 83.4 Å². The fourth-order valence-corrected chi connectivity index (χ4v) is 8.54. The number of halogens is 7. The minimum absolute atomic E-state index is 0.00665. The number of carbonyl (C=O) groups excluding carboxylic acids is 2. The van der Waals surface area contributed by atoms with Gasteiger partial charge < -0.3 is 10.2 Å². The third-order valence-corrected chi connectivity index (χ3v) is 10.5. The molecule has 0 aromatic heterocycles. The maximum Gasteiger partial charge on any atom is 0.460 e. The van der Waals surface area contributed by atoms with Gasteiger partial charge in [0.25, 0.3) is 5.91 Å². The van der Waals surface area contributed by atoms with Crippen LogP contribution in [-0.4, -0.2) is 54.4 Å². The SMILES string of the molecule is CC(CNC(=O)C(F)(F)C(F)(F)C(F)(F)F)[C@H]1CC[C@H]2[C@@H]3CCC4N(C)C(=O)C=C[C@]4(C)[C@H]3CC[C@]12C. The lowest BCUT2D eigenvalue weighted by atomic mass is 9.47. The van der Waals surface area contributed by atoms with E-state index in [-0.39, 0.29) is 34.6 Å². The predicted molar refractivity (Wildman–Crippen MR) is 122 cm³/mol. The van der Waals surface area contributed by atoms with E-state index in [9.17, 15) is 40.3 Å². The van der Waals surface area contributed by atoms with Gasteiger partial charge in [0.15, 0.2) is 0 Å². The van der Waals surface area contributed by atoms with E-state index in [4.69, 9.17) is 0 Å². The normalized spacial score (nSPS) is 39.1. The lowest BCUT2D eigenvalue weighted by Gasteiger charge is -2.60. The monoisotopic (exact) mass is 540 g/mol. The maximum atomic E-state index is 13.8. The summed E-state index contributed by atoms with van der Waals surface area (Å²) in [5.41, 5.74) is -0.299. The standard InChI is InChI=1S/C26H35F7N2O2/c1-14(13-34-21(37)24(27,28)25(29,30)26(31,32)33)16-6-7-17-15-5-8-19-23(3,12-10-20(36)35(19)4)18(15)9-11-22(16,17)2/h10,12,14-19H,5-9,11,13H2,1-4H3,(H,34,37)/t14?,15-,16+,17-,18-,19?,22+,23+/m0/s1. The van der Waals surface area contributed by atoms with Crippen molar-refractivity contribution in [1.29, 1.82) is 0 Å². The predicted octanol–water partition coefficient (Wildman–Crippen LogP) is 5.83. The van der Waals surface area contributed by atoms with E-state index in [1.54, 1.807) is 18.3 Å². The highest BCUT2D eigenvalue weighted by molar-refractivity contribution is 5.89. The average molecular weight is 541 g/mol. The molecule has 2 unspecified atom stereocenters. The first-order valence-corrected chi connectivity index (χ1v) is 13.0. The number of hydrogen-bond acceptors (Lipinski definition) is 2. The van der Waals surface area contributed by atoms with Crippen LogP contribution in [0.2, 0.25) is 0 Å². The summed E-state index contributed by atoms with van der Waals surface area (Å²) in [6.07, 6.45) is 2.49. The Labute approximate surface area is 212 Å². The Hall–Kier alpha value is -1.81. The second kappa shape index (κ2) is 8.86. The number of amides is 2. The fraction of sp³-hybridized carbons (Fsp3) is 0.846. The molecule has 1 heterocycles. The number of carbonyl (C=O) groups is 2. The Morgan fingerprint density at radius 1 is 1.05 bits per heavy atom. The van der Waals surface area contributed by atoms with Gasteiger partial charge in [0.05, 0.1) is 0 Å². The van der Waals surface area contributed by atoms with Crippen LogP contribution in [0.15, 0.2) is 12.2 Å². The number of hydrogen-bond donors (Lipinski definition) is 1. The van der Waals surface area contributed by atoms with Crippen molar-refractivity contribution in [2.75, 3.05) is 13.6 Å². The molecule has 3 saturated carbocycles. The topological polar surface area (TPSA) is 49.4 Å². The molecule has 1 N–H and O–H groups in total. The molecule has 37 heavy (non-hydrogen) atoms. The van der Waals surface area contributed by atoms with E-state index >= 15 is 0 Å². The van der Waals surface area contributed by atoms with Crippen molar-refractivity contribution in [2.24, 2.45) is 40.4 Å². The van der Waals surface area contributed by atoms with Gasteiger partial charge in [-0.25, -0.2) is 0 Å². The van der Waals surface area contributed by atoms with Gasteiger partial charge in [0.1, 0.15) is 0 Å². The van der Waals surface area contributed by atoms with Gasteiger partial charge in [-0.2, -0.15) is 30.7 Å². The van der Waals surface area contributed by atoms with Crippen LogP contribution >= 0.6 is 0 Å². The Balaban J connectivity index is 1.45. The van der Waals surface area contributed by atoms with Crippen molar-refractivity contribution in [3.05, 3.63) is 12.2 Å². The zero-order valence-electron chi connectivity index (χ0n) is 21.5. The van der Waals surface area contributed by atoms with Gasteiger partial charge in [-0.05, 0) is 79.6 Å². The smallest absolute Gasteiger partial charge is 0.350 e. The van der Waals surface area contributed by atoms with Gasteiger partial charge in [-0.15, -0.1) is 0 Å². The van der Waals surface area contributed by atoms with E-state index in [0.717, 1.165) is 38.5 Å². The highest BCUT2D eigenvalue weighted by Gasteiger charge is 2.76. The van der Waals surface area contributed by atoms with E-state index in [2.05, 4.69) is 19.9 Å². The molecule has 0 spiro atoms. The number of nitrogens with zero attached hydrogens (tertiary/aromatic N) is 1. The molecular formula is C26H35F7N2O2. The van der Waals surface area contributed by atoms with Crippen molar-refractivity contribution >= 4 is 11.8 Å². The molecule has 0 aromatic carbocycles. The molecule has 2 amide bonds. The van der Waals surface area contributed by atoms with Gasteiger partial charge >= 0.3 is 18.0 Å². The highest BCUT2D eigenvalue weighted by atomic mass is 19.4. The summed E-state index contributed by atoms with van der Waals surface area (Å²) in [7, 11) is 1.84. The third-order valence-electron chi connectivity index (χ3n) is 10.5. The molecule has 4 rings (SSSR count). The second-order valence-electron chi connectivity index (χ2n) is 12.2. The van der Waals surface area contributed by atoms with E-state index in [1.165, 1.54) is 0 Å². The van der Waals surface area contributed by atoms with Crippen LogP contribution in [0, 0.1) is 40.4 Å². The summed E-state index contributed by atoms with van der Waals surface area (Å²) < 4.78 is 91.4. The van der Waals surface area contributed by atoms with Crippen molar-refractivity contribution < 1.29 is 40.3 Å². The van der Waals surface area contributed by atoms with Gasteiger partial charge in [0, 0.05) is 25.0 Å². The number of fused-ring (bicyclic) bond motifs is 5. The Bertz CT molecular complexity index is 967. The number of likely N-dealkylation sites (N-methyl/N-ethyl adjacent to an activating group) is 1. The highest BCUT2D eigenvalue weighted by Crippen LogP contribution is 2.66. The molecule has 8 atom stereocenters. The summed E-state index contributed by atoms with van der Waals surface area (Å²) in [6, 6.07) is 0.137. The van der Waals surface area contributed by atoms with Crippen LogP contribution in [0.3, 0.4) is 0 Å². The van der Waals surface area contributed by atoms with Crippen LogP contribution < -0.4 is 5.32 Å². The molecule has 0 aromatic rings. The molecule has 3 aliphatic carbocycles. The minimum Gasteiger partial charge on any atom is -0.350 e. The summed E-state index contributed by atoms with van der Waals surface area (Å²) in [6.45, 7) is 5.71. The van der Waals surface area contributed by atoms with Gasteiger partial charge in [0.2, 0.25) is 5.91 Å². The molecule has 3 fully saturated rings. The van der Waals surface area contributed by atoms with Crippen molar-refractivity contribution in [3.8, 4) is 0 Å². The maximum absolute atomic E-state index is 13.8. The van der Waals surface area contributed by atoms with Crippen LogP contribution in [0.1, 0.15) is 59.3 Å². The number of alkyl halides is 7. The first-order valence-electron chi connectivity index (χ1n) is 13.0. The lowest BCUT2D eigenvalue weighted by molar-refractivity contribution is -0.344. The molecule has 1 aliphatic heterocycles. The Kier molecular flexibility index (Phi) is 6.76. The van der Waals surface area contributed by atoms with Crippen molar-refractivity contribution in [3.63, 3.8) is 0 Å². The van der Waals surface area contributed by atoms with Gasteiger partial charge in [-0.1, -0.05) is 26.8 Å². The molecule has 0 saturated heterocycles. The number of rotatable bonds is 5. The first kappa shape index (κ1) is 28.2. The lowest BCUT2D eigenvalue weighted by Crippen LogP contribution is -2.60. The van der Waals surface area contributed by atoms with Crippen LogP contribution in [0.4, 0.5) is 30.7 Å². The fourth-order valence-electron chi connectivity index (χ4n) is 8.54. The van der Waals surface area contributed by atoms with E-state index in [1.807, 2.05) is 11.9 Å². The summed E-state index contributed by atoms with van der Waals surface area (Å²) >= 11 is 0. The zero-order chi connectivity index (χ0) is 27.8. The van der Waals surface area contributed by atoms with Crippen LogP contribution in [0.25, 0.3) is 0 Å².